The molecule has 0 amide bonds. The van der Waals surface area contributed by atoms with E-state index in [-0.39, 0.29) is 6.10 Å². The van der Waals surface area contributed by atoms with Gasteiger partial charge in [0.15, 0.2) is 0 Å². The number of hydrogen-bond donors (Lipinski definition) is 1. The number of rotatable bonds is 7. The summed E-state index contributed by atoms with van der Waals surface area (Å²) in [6.45, 7) is 10.00. The van der Waals surface area contributed by atoms with Crippen molar-refractivity contribution < 1.29 is 9.47 Å². The lowest BCUT2D eigenvalue weighted by Crippen LogP contribution is -2.26. The van der Waals surface area contributed by atoms with Gasteiger partial charge in [-0.3, -0.25) is 0 Å². The standard InChI is InChI=1S/C18H29NO2/c1-14(2)11-19-12-16-8-6-7-15(3)18(16)21-13-17-9-4-5-10-20-17/h6-8,14,17,19H,4-5,9-13H2,1-3H3. The number of benzene rings is 1. The molecule has 1 aliphatic rings. The highest BCUT2D eigenvalue weighted by Crippen LogP contribution is 2.24. The molecule has 0 aliphatic carbocycles. The maximum atomic E-state index is 6.10. The fourth-order valence-electron chi connectivity index (χ4n) is 2.67. The van der Waals surface area contributed by atoms with Gasteiger partial charge < -0.3 is 14.8 Å². The van der Waals surface area contributed by atoms with E-state index in [1.807, 2.05) is 0 Å². The van der Waals surface area contributed by atoms with Crippen LogP contribution in [0.25, 0.3) is 0 Å². The molecule has 1 saturated heterocycles. The molecule has 0 bridgehead atoms. The lowest BCUT2D eigenvalue weighted by Gasteiger charge is -2.24. The van der Waals surface area contributed by atoms with Gasteiger partial charge in [-0.1, -0.05) is 32.0 Å². The Morgan fingerprint density at radius 2 is 2.19 bits per heavy atom. The number of hydrogen-bond acceptors (Lipinski definition) is 3. The summed E-state index contributed by atoms with van der Waals surface area (Å²) in [4.78, 5) is 0. The number of aryl methyl sites for hydroxylation is 1. The van der Waals surface area contributed by atoms with Crippen molar-refractivity contribution in [1.29, 1.82) is 0 Å². The smallest absolute Gasteiger partial charge is 0.126 e. The highest BCUT2D eigenvalue weighted by molar-refractivity contribution is 5.40. The SMILES string of the molecule is Cc1cccc(CNCC(C)C)c1OCC1CCCCO1. The fraction of sp³-hybridized carbons (Fsp3) is 0.667. The summed E-state index contributed by atoms with van der Waals surface area (Å²) < 4.78 is 11.9. The lowest BCUT2D eigenvalue weighted by atomic mass is 10.1. The van der Waals surface area contributed by atoms with Crippen LogP contribution in [0.5, 0.6) is 5.75 Å². The average Bonchev–Trinajstić information content (AvgIpc) is 2.47. The van der Waals surface area contributed by atoms with Crippen LogP contribution in [0, 0.1) is 12.8 Å². The van der Waals surface area contributed by atoms with Crippen LogP contribution in [0.2, 0.25) is 0 Å². The Kier molecular flexibility index (Phi) is 6.52. The molecule has 21 heavy (non-hydrogen) atoms. The summed E-state index contributed by atoms with van der Waals surface area (Å²) in [5.74, 6) is 1.69. The number of ether oxygens (including phenoxy) is 2. The molecule has 1 atom stereocenters. The Hall–Kier alpha value is -1.06. The van der Waals surface area contributed by atoms with Crippen molar-refractivity contribution in [3.63, 3.8) is 0 Å². The maximum absolute atomic E-state index is 6.10. The van der Waals surface area contributed by atoms with E-state index in [0.29, 0.717) is 12.5 Å². The first kappa shape index (κ1) is 16.3. The first-order valence-electron chi connectivity index (χ1n) is 8.20. The van der Waals surface area contributed by atoms with E-state index in [2.05, 4.69) is 44.3 Å². The first-order valence-corrected chi connectivity index (χ1v) is 8.20. The van der Waals surface area contributed by atoms with E-state index in [9.17, 15) is 0 Å². The van der Waals surface area contributed by atoms with Crippen molar-refractivity contribution in [2.24, 2.45) is 5.92 Å². The topological polar surface area (TPSA) is 30.5 Å². The molecule has 1 fully saturated rings. The second kappa shape index (κ2) is 8.40. The van der Waals surface area contributed by atoms with Crippen LogP contribution in [-0.4, -0.2) is 25.9 Å². The molecule has 0 aromatic heterocycles. The van der Waals surface area contributed by atoms with E-state index in [0.717, 1.165) is 31.9 Å². The van der Waals surface area contributed by atoms with Crippen LogP contribution in [0.1, 0.15) is 44.2 Å². The molecule has 1 aliphatic heterocycles. The predicted octanol–water partition coefficient (Wildman–Crippen LogP) is 3.69. The van der Waals surface area contributed by atoms with Crippen LogP contribution in [-0.2, 0) is 11.3 Å². The van der Waals surface area contributed by atoms with Gasteiger partial charge in [-0.2, -0.15) is 0 Å². The third-order valence-corrected chi connectivity index (χ3v) is 3.85. The van der Waals surface area contributed by atoms with Crippen molar-refractivity contribution in [3.8, 4) is 5.75 Å². The van der Waals surface area contributed by atoms with Crippen molar-refractivity contribution in [3.05, 3.63) is 29.3 Å². The molecular formula is C18H29NO2. The predicted molar refractivity (Wildman–Crippen MR) is 86.8 cm³/mol. The molecule has 2 rings (SSSR count). The normalized spacial score (nSPS) is 19.0. The molecule has 3 heteroatoms. The zero-order valence-electron chi connectivity index (χ0n) is 13.7. The average molecular weight is 291 g/mol. The molecule has 0 saturated carbocycles. The Balaban J connectivity index is 1.92. The van der Waals surface area contributed by atoms with Crippen LogP contribution in [0.15, 0.2) is 18.2 Å². The second-order valence-corrected chi connectivity index (χ2v) is 6.39. The molecule has 1 unspecified atom stereocenters. The van der Waals surface area contributed by atoms with Gasteiger partial charge in [-0.15, -0.1) is 0 Å². The summed E-state index contributed by atoms with van der Waals surface area (Å²) in [6, 6.07) is 6.37. The largest absolute Gasteiger partial charge is 0.490 e. The fourth-order valence-corrected chi connectivity index (χ4v) is 2.67. The summed E-state index contributed by atoms with van der Waals surface area (Å²) in [5.41, 5.74) is 2.45. The van der Waals surface area contributed by atoms with Crippen LogP contribution in [0.4, 0.5) is 0 Å². The number of nitrogens with one attached hydrogen (secondary N) is 1. The summed E-state index contributed by atoms with van der Waals surface area (Å²) >= 11 is 0. The Morgan fingerprint density at radius 1 is 1.33 bits per heavy atom. The van der Waals surface area contributed by atoms with Gasteiger partial charge in [0.1, 0.15) is 12.4 Å². The third-order valence-electron chi connectivity index (χ3n) is 3.85. The first-order chi connectivity index (χ1) is 10.2. The van der Waals surface area contributed by atoms with Crippen molar-refractivity contribution >= 4 is 0 Å². The summed E-state index contributed by atoms with van der Waals surface area (Å²) in [7, 11) is 0. The van der Waals surface area contributed by atoms with Gasteiger partial charge >= 0.3 is 0 Å². The van der Waals surface area contributed by atoms with E-state index in [1.165, 1.54) is 24.0 Å². The van der Waals surface area contributed by atoms with Gasteiger partial charge in [-0.05, 0) is 44.2 Å². The van der Waals surface area contributed by atoms with Crippen LogP contribution < -0.4 is 10.1 Å². The second-order valence-electron chi connectivity index (χ2n) is 6.39. The quantitative estimate of drug-likeness (QED) is 0.831. The minimum Gasteiger partial charge on any atom is -0.490 e. The Bertz CT molecular complexity index is 425. The highest BCUT2D eigenvalue weighted by atomic mass is 16.5. The molecular weight excluding hydrogens is 262 g/mol. The number of para-hydroxylation sites is 1. The van der Waals surface area contributed by atoms with E-state index in [1.54, 1.807) is 0 Å². The van der Waals surface area contributed by atoms with Crippen LogP contribution >= 0.6 is 0 Å². The molecule has 118 valence electrons. The highest BCUT2D eigenvalue weighted by Gasteiger charge is 2.16. The zero-order valence-corrected chi connectivity index (χ0v) is 13.7. The van der Waals surface area contributed by atoms with Gasteiger partial charge in [-0.25, -0.2) is 0 Å². The van der Waals surface area contributed by atoms with Gasteiger partial charge in [0.05, 0.1) is 6.10 Å². The summed E-state index contributed by atoms with van der Waals surface area (Å²) in [5, 5.41) is 3.50. The molecule has 1 aromatic rings. The molecule has 1 N–H and O–H groups in total. The van der Waals surface area contributed by atoms with Gasteiger partial charge in [0.25, 0.3) is 0 Å². The molecule has 1 aromatic carbocycles. The Labute approximate surface area is 129 Å². The Morgan fingerprint density at radius 3 is 2.90 bits per heavy atom. The maximum Gasteiger partial charge on any atom is 0.126 e. The van der Waals surface area contributed by atoms with Crippen molar-refractivity contribution in [2.45, 2.75) is 52.7 Å². The van der Waals surface area contributed by atoms with Gasteiger partial charge in [0.2, 0.25) is 0 Å². The molecule has 0 spiro atoms. The van der Waals surface area contributed by atoms with E-state index in [4.69, 9.17) is 9.47 Å². The van der Waals surface area contributed by atoms with Crippen molar-refractivity contribution in [1.82, 2.24) is 5.32 Å². The van der Waals surface area contributed by atoms with E-state index < -0.39 is 0 Å². The zero-order chi connectivity index (χ0) is 15.1. The van der Waals surface area contributed by atoms with Crippen molar-refractivity contribution in [2.75, 3.05) is 19.8 Å². The van der Waals surface area contributed by atoms with E-state index >= 15 is 0 Å². The van der Waals surface area contributed by atoms with Crippen LogP contribution in [0.3, 0.4) is 0 Å². The minimum atomic E-state index is 0.259. The third kappa shape index (κ3) is 5.33. The lowest BCUT2D eigenvalue weighted by molar-refractivity contribution is -0.0113. The van der Waals surface area contributed by atoms with Gasteiger partial charge in [0, 0.05) is 18.7 Å². The molecule has 1 heterocycles. The minimum absolute atomic E-state index is 0.259. The summed E-state index contributed by atoms with van der Waals surface area (Å²) in [6.07, 6.45) is 3.82. The monoisotopic (exact) mass is 291 g/mol. The molecule has 3 nitrogen and oxygen atoms in total. The molecule has 0 radical (unpaired) electrons.